The van der Waals surface area contributed by atoms with Crippen LogP contribution in [-0.4, -0.2) is 11.2 Å². The first-order valence-electron chi connectivity index (χ1n) is 5.99. The van der Waals surface area contributed by atoms with Gasteiger partial charge in [0.1, 0.15) is 6.29 Å². The second kappa shape index (κ2) is 5.44. The van der Waals surface area contributed by atoms with Gasteiger partial charge in [0.2, 0.25) is 0 Å². The van der Waals surface area contributed by atoms with Crippen LogP contribution in [0.15, 0.2) is 42.5 Å². The van der Waals surface area contributed by atoms with Gasteiger partial charge < -0.3 is 0 Å². The van der Waals surface area contributed by atoms with E-state index in [1.165, 1.54) is 6.07 Å². The minimum Gasteiger partial charge on any atom is -0.298 e. The van der Waals surface area contributed by atoms with Gasteiger partial charge in [-0.15, -0.1) is 0 Å². The Kier molecular flexibility index (Phi) is 3.71. The van der Waals surface area contributed by atoms with E-state index < -0.39 is 4.92 Å². The molecule has 4 heteroatoms. The van der Waals surface area contributed by atoms with E-state index in [1.54, 1.807) is 30.3 Å². The Labute approximate surface area is 110 Å². The molecule has 0 unspecified atom stereocenters. The normalized spacial score (nSPS) is 10.2. The first-order chi connectivity index (χ1) is 9.17. The maximum atomic E-state index is 11.0. The lowest BCUT2D eigenvalue weighted by atomic mass is 9.97. The molecule has 0 atom stereocenters. The molecule has 0 aromatic heterocycles. The molecule has 2 rings (SSSR count). The lowest BCUT2D eigenvalue weighted by molar-refractivity contribution is -0.384. The third kappa shape index (κ3) is 2.52. The SMILES string of the molecule is CCc1cc(-c2ccccc2[N+](=O)[O-])ccc1C=O. The predicted octanol–water partition coefficient (Wildman–Crippen LogP) is 3.64. The maximum Gasteiger partial charge on any atom is 0.277 e. The predicted molar refractivity (Wildman–Crippen MR) is 73.3 cm³/mol. The van der Waals surface area contributed by atoms with Gasteiger partial charge in [-0.2, -0.15) is 0 Å². The molecule has 0 fully saturated rings. The second-order valence-electron chi connectivity index (χ2n) is 4.16. The van der Waals surface area contributed by atoms with Crippen LogP contribution >= 0.6 is 0 Å². The molecule has 0 saturated heterocycles. The monoisotopic (exact) mass is 255 g/mol. The van der Waals surface area contributed by atoms with Crippen LogP contribution in [0.2, 0.25) is 0 Å². The van der Waals surface area contributed by atoms with Crippen LogP contribution in [0.25, 0.3) is 11.1 Å². The number of aldehydes is 1. The van der Waals surface area contributed by atoms with Gasteiger partial charge in [-0.25, -0.2) is 0 Å². The number of hydrogen-bond acceptors (Lipinski definition) is 3. The summed E-state index contributed by atoms with van der Waals surface area (Å²) in [6, 6.07) is 11.9. The standard InChI is InChI=1S/C15H13NO3/c1-2-11-9-12(7-8-13(11)10-17)14-5-3-4-6-15(14)16(18)19/h3-10H,2H2,1H3. The van der Waals surface area contributed by atoms with Crippen molar-refractivity contribution in [3.05, 3.63) is 63.7 Å². The Hall–Kier alpha value is -2.49. The zero-order valence-electron chi connectivity index (χ0n) is 10.5. The van der Waals surface area contributed by atoms with Gasteiger partial charge in [-0.3, -0.25) is 14.9 Å². The molecule has 2 aromatic carbocycles. The molecule has 4 nitrogen and oxygen atoms in total. The summed E-state index contributed by atoms with van der Waals surface area (Å²) in [5.74, 6) is 0. The molecule has 96 valence electrons. The summed E-state index contributed by atoms with van der Waals surface area (Å²) >= 11 is 0. The van der Waals surface area contributed by atoms with Crippen molar-refractivity contribution in [1.29, 1.82) is 0 Å². The van der Waals surface area contributed by atoms with Crippen LogP contribution in [0, 0.1) is 10.1 Å². The number of hydrogen-bond donors (Lipinski definition) is 0. The van der Waals surface area contributed by atoms with Crippen LogP contribution in [0.1, 0.15) is 22.8 Å². The van der Waals surface area contributed by atoms with Crippen molar-refractivity contribution >= 4 is 12.0 Å². The van der Waals surface area contributed by atoms with Crippen molar-refractivity contribution in [3.63, 3.8) is 0 Å². The smallest absolute Gasteiger partial charge is 0.277 e. The van der Waals surface area contributed by atoms with Gasteiger partial charge in [0.05, 0.1) is 10.5 Å². The minimum atomic E-state index is -0.394. The molecule has 0 aliphatic heterocycles. The number of nitrogens with zero attached hydrogens (tertiary/aromatic N) is 1. The lowest BCUT2D eigenvalue weighted by Crippen LogP contribution is -1.94. The second-order valence-corrected chi connectivity index (χ2v) is 4.16. The van der Waals surface area contributed by atoms with E-state index in [4.69, 9.17) is 0 Å². The molecule has 19 heavy (non-hydrogen) atoms. The zero-order valence-corrected chi connectivity index (χ0v) is 10.5. The van der Waals surface area contributed by atoms with Crippen molar-refractivity contribution in [2.24, 2.45) is 0 Å². The highest BCUT2D eigenvalue weighted by Gasteiger charge is 2.14. The van der Waals surface area contributed by atoms with E-state index in [0.717, 1.165) is 17.4 Å². The Morgan fingerprint density at radius 2 is 1.95 bits per heavy atom. The zero-order chi connectivity index (χ0) is 13.8. The summed E-state index contributed by atoms with van der Waals surface area (Å²) in [5, 5.41) is 11.0. The Balaban J connectivity index is 2.59. The van der Waals surface area contributed by atoms with Crippen LogP contribution < -0.4 is 0 Å². The quantitative estimate of drug-likeness (QED) is 0.476. The summed E-state index contributed by atoms with van der Waals surface area (Å²) in [6.07, 6.45) is 1.52. The van der Waals surface area contributed by atoms with Crippen molar-refractivity contribution < 1.29 is 9.72 Å². The summed E-state index contributed by atoms with van der Waals surface area (Å²) in [6.45, 7) is 1.95. The van der Waals surface area contributed by atoms with Gasteiger partial charge in [-0.05, 0) is 23.6 Å². The van der Waals surface area contributed by atoms with E-state index >= 15 is 0 Å². The van der Waals surface area contributed by atoms with E-state index in [-0.39, 0.29) is 5.69 Å². The molecular formula is C15H13NO3. The maximum absolute atomic E-state index is 11.0. The van der Waals surface area contributed by atoms with Crippen molar-refractivity contribution in [2.45, 2.75) is 13.3 Å². The lowest BCUT2D eigenvalue weighted by Gasteiger charge is -2.07. The summed E-state index contributed by atoms with van der Waals surface area (Å²) in [4.78, 5) is 21.5. The van der Waals surface area contributed by atoms with Crippen LogP contribution in [-0.2, 0) is 6.42 Å². The molecule has 0 aliphatic rings. The molecule has 0 saturated carbocycles. The molecule has 0 bridgehead atoms. The first kappa shape index (κ1) is 13.0. The highest BCUT2D eigenvalue weighted by molar-refractivity contribution is 5.81. The van der Waals surface area contributed by atoms with Gasteiger partial charge in [0.15, 0.2) is 0 Å². The van der Waals surface area contributed by atoms with E-state index in [1.807, 2.05) is 13.0 Å². The average molecular weight is 255 g/mol. The van der Waals surface area contributed by atoms with Crippen molar-refractivity contribution in [1.82, 2.24) is 0 Å². The van der Waals surface area contributed by atoms with Gasteiger partial charge in [0, 0.05) is 11.6 Å². The van der Waals surface area contributed by atoms with Crippen molar-refractivity contribution in [3.8, 4) is 11.1 Å². The van der Waals surface area contributed by atoms with Crippen molar-refractivity contribution in [2.75, 3.05) is 0 Å². The fraction of sp³-hybridized carbons (Fsp3) is 0.133. The van der Waals surface area contributed by atoms with E-state index in [9.17, 15) is 14.9 Å². The molecule has 0 amide bonds. The van der Waals surface area contributed by atoms with E-state index in [0.29, 0.717) is 17.5 Å². The number of para-hydroxylation sites is 1. The minimum absolute atomic E-state index is 0.0726. The third-order valence-electron chi connectivity index (χ3n) is 3.06. The first-order valence-corrected chi connectivity index (χ1v) is 5.99. The number of nitro groups is 1. The number of carbonyl (C=O) groups excluding carboxylic acids is 1. The molecule has 0 aliphatic carbocycles. The number of rotatable bonds is 4. The largest absolute Gasteiger partial charge is 0.298 e. The summed E-state index contributed by atoms with van der Waals surface area (Å²) in [5.41, 5.74) is 2.92. The van der Waals surface area contributed by atoms with Crippen LogP contribution in [0.3, 0.4) is 0 Å². The molecule has 2 aromatic rings. The summed E-state index contributed by atoms with van der Waals surface area (Å²) < 4.78 is 0. The van der Waals surface area contributed by atoms with Gasteiger partial charge in [-0.1, -0.05) is 37.3 Å². The third-order valence-corrected chi connectivity index (χ3v) is 3.06. The van der Waals surface area contributed by atoms with E-state index in [2.05, 4.69) is 0 Å². The topological polar surface area (TPSA) is 60.2 Å². The average Bonchev–Trinajstić information content (AvgIpc) is 2.46. The number of nitro benzene ring substituents is 1. The fourth-order valence-corrected chi connectivity index (χ4v) is 2.07. The molecule has 0 heterocycles. The molecule has 0 spiro atoms. The number of benzene rings is 2. The molecule has 0 N–H and O–H groups in total. The molecular weight excluding hydrogens is 242 g/mol. The fourth-order valence-electron chi connectivity index (χ4n) is 2.07. The van der Waals surface area contributed by atoms with Gasteiger partial charge in [0.25, 0.3) is 5.69 Å². The highest BCUT2D eigenvalue weighted by atomic mass is 16.6. The Bertz CT molecular complexity index is 635. The highest BCUT2D eigenvalue weighted by Crippen LogP contribution is 2.30. The number of aryl methyl sites for hydroxylation is 1. The molecule has 0 radical (unpaired) electrons. The number of carbonyl (C=O) groups is 1. The van der Waals surface area contributed by atoms with Crippen LogP contribution in [0.4, 0.5) is 5.69 Å². The van der Waals surface area contributed by atoms with Gasteiger partial charge >= 0.3 is 0 Å². The Morgan fingerprint density at radius 1 is 1.21 bits per heavy atom. The summed E-state index contributed by atoms with van der Waals surface area (Å²) in [7, 11) is 0. The van der Waals surface area contributed by atoms with Crippen LogP contribution in [0.5, 0.6) is 0 Å². The Morgan fingerprint density at radius 3 is 2.58 bits per heavy atom.